The van der Waals surface area contributed by atoms with Crippen molar-refractivity contribution < 1.29 is 9.90 Å². The summed E-state index contributed by atoms with van der Waals surface area (Å²) in [5.74, 6) is -0.733. The van der Waals surface area contributed by atoms with Crippen molar-refractivity contribution in [2.45, 2.75) is 13.8 Å². The minimum absolute atomic E-state index is 0.0689. The topological polar surface area (TPSA) is 63.3 Å². The van der Waals surface area contributed by atoms with Crippen molar-refractivity contribution in [3.05, 3.63) is 0 Å². The van der Waals surface area contributed by atoms with E-state index in [1.807, 2.05) is 13.8 Å². The molecule has 58 valence electrons. The van der Waals surface area contributed by atoms with E-state index >= 15 is 0 Å². The number of carboxylic acid groups (broad SMARTS) is 1. The highest BCUT2D eigenvalue weighted by atomic mass is 16.4. The Balaban J connectivity index is 2.61. The average molecular weight is 143 g/mol. The maximum Gasteiger partial charge on any atom is 0.307 e. The molecule has 1 rings (SSSR count). The number of carboxylic acids is 1. The Bertz CT molecular complexity index is 165. The monoisotopic (exact) mass is 143 g/mol. The summed E-state index contributed by atoms with van der Waals surface area (Å²) in [7, 11) is 0. The summed E-state index contributed by atoms with van der Waals surface area (Å²) in [5.41, 5.74) is 5.31. The fraction of sp³-hybridized carbons (Fsp3) is 0.857. The smallest absolute Gasteiger partial charge is 0.307 e. The quantitative estimate of drug-likeness (QED) is 0.584. The van der Waals surface area contributed by atoms with E-state index in [9.17, 15) is 4.79 Å². The van der Waals surface area contributed by atoms with Crippen molar-refractivity contribution in [1.82, 2.24) is 0 Å². The molecule has 3 N–H and O–H groups in total. The van der Waals surface area contributed by atoms with Gasteiger partial charge in [0.2, 0.25) is 0 Å². The molecule has 2 atom stereocenters. The lowest BCUT2D eigenvalue weighted by atomic mass is 10.1. The van der Waals surface area contributed by atoms with E-state index in [1.165, 1.54) is 0 Å². The van der Waals surface area contributed by atoms with Gasteiger partial charge in [-0.25, -0.2) is 0 Å². The van der Waals surface area contributed by atoms with Crippen LogP contribution in [-0.4, -0.2) is 17.6 Å². The van der Waals surface area contributed by atoms with E-state index in [0.29, 0.717) is 6.54 Å². The lowest BCUT2D eigenvalue weighted by Gasteiger charge is -1.96. The molecule has 0 spiro atoms. The molecule has 0 aromatic rings. The van der Waals surface area contributed by atoms with Gasteiger partial charge in [-0.1, -0.05) is 13.8 Å². The van der Waals surface area contributed by atoms with Crippen LogP contribution in [0.4, 0.5) is 0 Å². The maximum absolute atomic E-state index is 10.5. The van der Waals surface area contributed by atoms with Crippen LogP contribution < -0.4 is 5.73 Å². The van der Waals surface area contributed by atoms with Crippen LogP contribution in [0.25, 0.3) is 0 Å². The van der Waals surface area contributed by atoms with Crippen LogP contribution in [0, 0.1) is 17.3 Å². The third-order valence-electron chi connectivity index (χ3n) is 2.57. The molecule has 0 amide bonds. The lowest BCUT2D eigenvalue weighted by Crippen LogP contribution is -2.07. The summed E-state index contributed by atoms with van der Waals surface area (Å²) in [6.45, 7) is 4.39. The van der Waals surface area contributed by atoms with E-state index < -0.39 is 5.97 Å². The van der Waals surface area contributed by atoms with Gasteiger partial charge in [0.15, 0.2) is 0 Å². The fourth-order valence-electron chi connectivity index (χ4n) is 1.67. The zero-order valence-corrected chi connectivity index (χ0v) is 6.29. The minimum atomic E-state index is -0.708. The van der Waals surface area contributed by atoms with Gasteiger partial charge in [-0.15, -0.1) is 0 Å². The van der Waals surface area contributed by atoms with Crippen LogP contribution in [0.2, 0.25) is 0 Å². The van der Waals surface area contributed by atoms with E-state index in [0.717, 1.165) is 0 Å². The molecular weight excluding hydrogens is 130 g/mol. The summed E-state index contributed by atoms with van der Waals surface area (Å²) in [6.07, 6.45) is 0. The van der Waals surface area contributed by atoms with Gasteiger partial charge in [-0.05, 0) is 17.9 Å². The van der Waals surface area contributed by atoms with Crippen LogP contribution in [-0.2, 0) is 4.79 Å². The van der Waals surface area contributed by atoms with E-state index in [2.05, 4.69) is 0 Å². The van der Waals surface area contributed by atoms with Gasteiger partial charge in [0.05, 0.1) is 5.92 Å². The van der Waals surface area contributed by atoms with Crippen LogP contribution in [0.15, 0.2) is 0 Å². The Hall–Kier alpha value is -0.570. The molecule has 10 heavy (non-hydrogen) atoms. The minimum Gasteiger partial charge on any atom is -0.481 e. The highest BCUT2D eigenvalue weighted by molar-refractivity contribution is 5.75. The molecule has 0 aromatic heterocycles. The first kappa shape index (κ1) is 7.54. The second kappa shape index (κ2) is 1.95. The van der Waals surface area contributed by atoms with E-state index in [1.54, 1.807) is 0 Å². The van der Waals surface area contributed by atoms with Crippen LogP contribution in [0.1, 0.15) is 13.8 Å². The van der Waals surface area contributed by atoms with Crippen molar-refractivity contribution in [2.75, 3.05) is 6.54 Å². The van der Waals surface area contributed by atoms with Gasteiger partial charge in [-0.2, -0.15) is 0 Å². The molecule has 0 saturated heterocycles. The first-order chi connectivity index (χ1) is 4.51. The third kappa shape index (κ3) is 0.814. The van der Waals surface area contributed by atoms with Crippen LogP contribution >= 0.6 is 0 Å². The van der Waals surface area contributed by atoms with Crippen molar-refractivity contribution in [1.29, 1.82) is 0 Å². The van der Waals surface area contributed by atoms with E-state index in [-0.39, 0.29) is 17.3 Å². The molecule has 3 nitrogen and oxygen atoms in total. The largest absolute Gasteiger partial charge is 0.481 e. The molecule has 0 radical (unpaired) electrons. The third-order valence-corrected chi connectivity index (χ3v) is 2.57. The first-order valence-corrected chi connectivity index (χ1v) is 3.44. The van der Waals surface area contributed by atoms with Crippen molar-refractivity contribution in [3.63, 3.8) is 0 Å². The zero-order chi connectivity index (χ0) is 7.94. The average Bonchev–Trinajstić information content (AvgIpc) is 2.33. The molecular formula is C7H13NO2. The zero-order valence-electron chi connectivity index (χ0n) is 6.29. The summed E-state index contributed by atoms with van der Waals surface area (Å²) in [4.78, 5) is 10.5. The summed E-state index contributed by atoms with van der Waals surface area (Å²) in [6, 6.07) is 0. The molecule has 0 bridgehead atoms. The van der Waals surface area contributed by atoms with Gasteiger partial charge in [0.1, 0.15) is 0 Å². The normalized spacial score (nSPS) is 35.5. The van der Waals surface area contributed by atoms with Gasteiger partial charge >= 0.3 is 5.97 Å². The predicted octanol–water partition coefficient (Wildman–Crippen LogP) is 0.302. The number of aliphatic carboxylic acids is 1. The number of carbonyl (C=O) groups is 1. The number of hydrogen-bond acceptors (Lipinski definition) is 2. The Morgan fingerprint density at radius 3 is 2.30 bits per heavy atom. The van der Waals surface area contributed by atoms with Crippen LogP contribution in [0.5, 0.6) is 0 Å². The number of nitrogens with two attached hydrogens (primary N) is 1. The molecule has 3 heteroatoms. The Kier molecular flexibility index (Phi) is 1.47. The molecule has 0 aromatic carbocycles. The summed E-state index contributed by atoms with van der Waals surface area (Å²) >= 11 is 0. The van der Waals surface area contributed by atoms with Gasteiger partial charge in [-0.3, -0.25) is 4.79 Å². The SMILES string of the molecule is CC1(C)[C@H](CN)[C@H]1C(=O)O. The number of rotatable bonds is 2. The molecule has 0 aliphatic heterocycles. The van der Waals surface area contributed by atoms with Crippen molar-refractivity contribution in [3.8, 4) is 0 Å². The van der Waals surface area contributed by atoms with E-state index in [4.69, 9.17) is 10.8 Å². The summed E-state index contributed by atoms with van der Waals surface area (Å²) < 4.78 is 0. The highest BCUT2D eigenvalue weighted by Crippen LogP contribution is 2.57. The van der Waals surface area contributed by atoms with Gasteiger partial charge in [0, 0.05) is 0 Å². The molecule has 1 fully saturated rings. The highest BCUT2D eigenvalue weighted by Gasteiger charge is 2.61. The fourth-order valence-corrected chi connectivity index (χ4v) is 1.67. The predicted molar refractivity (Wildman–Crippen MR) is 37.5 cm³/mol. The van der Waals surface area contributed by atoms with Crippen molar-refractivity contribution in [2.24, 2.45) is 23.0 Å². The molecule has 1 aliphatic carbocycles. The van der Waals surface area contributed by atoms with Gasteiger partial charge < -0.3 is 10.8 Å². The molecule has 1 saturated carbocycles. The Labute approximate surface area is 60.2 Å². The first-order valence-electron chi connectivity index (χ1n) is 3.44. The molecule has 0 unspecified atom stereocenters. The second-order valence-electron chi connectivity index (χ2n) is 3.48. The molecule has 1 aliphatic rings. The number of hydrogen-bond donors (Lipinski definition) is 2. The Morgan fingerprint density at radius 1 is 1.70 bits per heavy atom. The molecule has 0 heterocycles. The summed E-state index contributed by atoms with van der Waals surface area (Å²) in [5, 5.41) is 8.63. The standard InChI is InChI=1S/C7H13NO2/c1-7(2)4(3-8)5(7)6(9)10/h4-5H,3,8H2,1-2H3,(H,9,10)/t4-,5+/m1/s1. The second-order valence-corrected chi connectivity index (χ2v) is 3.48. The van der Waals surface area contributed by atoms with Crippen molar-refractivity contribution >= 4 is 5.97 Å². The van der Waals surface area contributed by atoms with Gasteiger partial charge in [0.25, 0.3) is 0 Å². The maximum atomic E-state index is 10.5. The Morgan fingerprint density at radius 2 is 2.20 bits per heavy atom. The van der Waals surface area contributed by atoms with Crippen LogP contribution in [0.3, 0.4) is 0 Å². The lowest BCUT2D eigenvalue weighted by molar-refractivity contribution is -0.139.